The van der Waals surface area contributed by atoms with Crippen LogP contribution in [0.5, 0.6) is 0 Å². The lowest BCUT2D eigenvalue weighted by atomic mass is 9.94. The maximum absolute atomic E-state index is 12.5. The maximum Gasteiger partial charge on any atom is 0.330 e. The van der Waals surface area contributed by atoms with Crippen molar-refractivity contribution in [2.24, 2.45) is 0 Å². The molecule has 0 spiro atoms. The van der Waals surface area contributed by atoms with Crippen molar-refractivity contribution in [1.82, 2.24) is 5.32 Å². The summed E-state index contributed by atoms with van der Waals surface area (Å²) in [4.78, 5) is 24.0. The molecule has 2 atom stereocenters. The number of benzene rings is 1. The summed E-state index contributed by atoms with van der Waals surface area (Å²) in [6.45, 7) is 0.476. The monoisotopic (exact) mass is 307 g/mol. The third-order valence-corrected chi connectivity index (χ3v) is 5.21. The van der Waals surface area contributed by atoms with E-state index in [1.165, 1.54) is 0 Å². The number of thioether (sulfide) groups is 1. The molecule has 2 heterocycles. The molecular formula is C15H17NO4S. The Morgan fingerprint density at radius 3 is 2.90 bits per heavy atom. The first kappa shape index (κ1) is 14.4. The maximum atomic E-state index is 12.5. The Morgan fingerprint density at radius 1 is 1.38 bits per heavy atom. The van der Waals surface area contributed by atoms with E-state index in [1.54, 1.807) is 11.8 Å². The highest BCUT2D eigenvalue weighted by atomic mass is 32.2. The number of hydrogen-bond acceptors (Lipinski definition) is 4. The van der Waals surface area contributed by atoms with Gasteiger partial charge in [0.05, 0.1) is 6.61 Å². The van der Waals surface area contributed by atoms with Crippen LogP contribution in [-0.4, -0.2) is 40.6 Å². The fourth-order valence-corrected chi connectivity index (χ4v) is 4.12. The molecule has 1 aromatic carbocycles. The van der Waals surface area contributed by atoms with E-state index in [0.29, 0.717) is 18.8 Å². The molecule has 0 aromatic heterocycles. The van der Waals surface area contributed by atoms with E-state index in [-0.39, 0.29) is 5.91 Å². The molecule has 112 valence electrons. The van der Waals surface area contributed by atoms with E-state index in [4.69, 9.17) is 4.74 Å². The van der Waals surface area contributed by atoms with Gasteiger partial charge in [0.15, 0.2) is 6.10 Å². The Bertz CT molecular complexity index is 569. The van der Waals surface area contributed by atoms with Crippen molar-refractivity contribution in [2.75, 3.05) is 18.1 Å². The van der Waals surface area contributed by atoms with Crippen LogP contribution in [0.3, 0.4) is 0 Å². The summed E-state index contributed by atoms with van der Waals surface area (Å²) in [5, 5.41) is 12.2. The topological polar surface area (TPSA) is 75.6 Å². The van der Waals surface area contributed by atoms with Gasteiger partial charge in [0.25, 0.3) is 5.91 Å². The fraction of sp³-hybridized carbons (Fsp3) is 0.467. The van der Waals surface area contributed by atoms with Gasteiger partial charge in [0, 0.05) is 5.75 Å². The third-order valence-electron chi connectivity index (χ3n) is 4.03. The molecule has 3 rings (SSSR count). The molecule has 0 aliphatic carbocycles. The number of aliphatic carboxylic acids is 1. The van der Waals surface area contributed by atoms with E-state index in [1.807, 2.05) is 24.3 Å². The highest BCUT2D eigenvalue weighted by Crippen LogP contribution is 2.31. The second kappa shape index (κ2) is 5.69. The predicted octanol–water partition coefficient (Wildman–Crippen LogP) is 1.38. The third kappa shape index (κ3) is 2.65. The molecule has 2 aliphatic heterocycles. The number of carboxylic acid groups (broad SMARTS) is 1. The first-order valence-electron chi connectivity index (χ1n) is 6.95. The Labute approximate surface area is 127 Å². The number of carboxylic acids is 1. The van der Waals surface area contributed by atoms with Gasteiger partial charge >= 0.3 is 5.97 Å². The second-order valence-corrected chi connectivity index (χ2v) is 6.48. The van der Waals surface area contributed by atoms with Crippen LogP contribution >= 0.6 is 11.8 Å². The molecule has 1 fully saturated rings. The van der Waals surface area contributed by atoms with E-state index in [0.717, 1.165) is 23.3 Å². The van der Waals surface area contributed by atoms with Crippen LogP contribution in [0.1, 0.15) is 23.7 Å². The molecule has 1 aromatic rings. The number of rotatable bonds is 3. The van der Waals surface area contributed by atoms with Crippen molar-refractivity contribution in [3.05, 3.63) is 35.4 Å². The zero-order chi connectivity index (χ0) is 14.9. The number of amides is 1. The van der Waals surface area contributed by atoms with Crippen LogP contribution in [0.2, 0.25) is 0 Å². The van der Waals surface area contributed by atoms with Crippen LogP contribution in [0.25, 0.3) is 0 Å². The molecule has 0 radical (unpaired) electrons. The van der Waals surface area contributed by atoms with Crippen molar-refractivity contribution in [3.63, 3.8) is 0 Å². The number of fused-ring (bicyclic) bond motifs is 1. The number of hydrogen-bond donors (Lipinski definition) is 2. The number of ether oxygens (including phenoxy) is 1. The lowest BCUT2D eigenvalue weighted by Crippen LogP contribution is -2.56. The first-order chi connectivity index (χ1) is 10.1. The minimum absolute atomic E-state index is 0.355. The molecule has 2 N–H and O–H groups in total. The summed E-state index contributed by atoms with van der Waals surface area (Å²) in [6.07, 6.45) is 0.518. The van der Waals surface area contributed by atoms with Crippen molar-refractivity contribution in [3.8, 4) is 0 Å². The van der Waals surface area contributed by atoms with Gasteiger partial charge in [-0.15, -0.1) is 0 Å². The molecule has 0 bridgehead atoms. The van der Waals surface area contributed by atoms with Crippen LogP contribution in [0.15, 0.2) is 24.3 Å². The highest BCUT2D eigenvalue weighted by molar-refractivity contribution is 7.99. The molecule has 6 heteroatoms. The van der Waals surface area contributed by atoms with Gasteiger partial charge in [-0.3, -0.25) is 4.79 Å². The van der Waals surface area contributed by atoms with Crippen LogP contribution in [0, 0.1) is 0 Å². The molecule has 1 amide bonds. The first-order valence-corrected chi connectivity index (χ1v) is 8.10. The Balaban J connectivity index is 1.82. The molecule has 21 heavy (non-hydrogen) atoms. The average molecular weight is 307 g/mol. The van der Waals surface area contributed by atoms with Gasteiger partial charge in [-0.2, -0.15) is 11.8 Å². The minimum Gasteiger partial charge on any atom is -0.479 e. The zero-order valence-electron chi connectivity index (χ0n) is 11.5. The lowest BCUT2D eigenvalue weighted by Gasteiger charge is -2.30. The largest absolute Gasteiger partial charge is 0.479 e. The summed E-state index contributed by atoms with van der Waals surface area (Å²) in [5.41, 5.74) is 0.777. The van der Waals surface area contributed by atoms with E-state index >= 15 is 0 Å². The van der Waals surface area contributed by atoms with Crippen molar-refractivity contribution in [1.29, 1.82) is 0 Å². The molecule has 1 saturated heterocycles. The van der Waals surface area contributed by atoms with Crippen molar-refractivity contribution in [2.45, 2.75) is 24.5 Å². The number of nitrogens with one attached hydrogen (secondary N) is 1. The summed E-state index contributed by atoms with van der Waals surface area (Å²) in [6, 6.07) is 7.66. The average Bonchev–Trinajstić information content (AvgIpc) is 2.96. The van der Waals surface area contributed by atoms with E-state index in [9.17, 15) is 14.7 Å². The van der Waals surface area contributed by atoms with Gasteiger partial charge in [0.1, 0.15) is 5.54 Å². The molecule has 2 aliphatic rings. The number of carbonyl (C=O) groups is 2. The standard InChI is InChI=1S/C15H17NO4S/c17-13(16-15(14(18)19)6-8-21-9-15)12-11-4-2-1-3-10(11)5-7-20-12/h1-4,12H,5-9H2,(H,16,17)(H,18,19). The normalized spacial score (nSPS) is 27.9. The summed E-state index contributed by atoms with van der Waals surface area (Å²) in [7, 11) is 0. The number of carbonyl (C=O) groups excluding carboxylic acids is 1. The predicted molar refractivity (Wildman–Crippen MR) is 79.3 cm³/mol. The van der Waals surface area contributed by atoms with Crippen molar-refractivity contribution >= 4 is 23.6 Å². The van der Waals surface area contributed by atoms with Crippen LogP contribution < -0.4 is 5.32 Å². The Morgan fingerprint density at radius 2 is 2.19 bits per heavy atom. The zero-order valence-corrected chi connectivity index (χ0v) is 12.3. The van der Waals surface area contributed by atoms with E-state index in [2.05, 4.69) is 5.32 Å². The van der Waals surface area contributed by atoms with Gasteiger partial charge in [0.2, 0.25) is 0 Å². The molecule has 0 saturated carbocycles. The minimum atomic E-state index is -1.16. The SMILES string of the molecule is O=C(NC1(C(=O)O)CCSC1)C1OCCc2ccccc21. The van der Waals surface area contributed by atoms with E-state index < -0.39 is 17.6 Å². The summed E-state index contributed by atoms with van der Waals surface area (Å²) < 4.78 is 5.59. The Hall–Kier alpha value is -1.53. The van der Waals surface area contributed by atoms with Crippen molar-refractivity contribution < 1.29 is 19.4 Å². The highest BCUT2D eigenvalue weighted by Gasteiger charge is 2.45. The smallest absolute Gasteiger partial charge is 0.330 e. The molecular weight excluding hydrogens is 290 g/mol. The second-order valence-electron chi connectivity index (χ2n) is 5.38. The molecule has 2 unspecified atom stereocenters. The summed E-state index contributed by atoms with van der Waals surface area (Å²) >= 11 is 1.55. The van der Waals surface area contributed by atoms with Gasteiger partial charge in [-0.05, 0) is 29.7 Å². The molecule has 5 nitrogen and oxygen atoms in total. The summed E-state index contributed by atoms with van der Waals surface area (Å²) in [5.74, 6) is -0.172. The lowest BCUT2D eigenvalue weighted by molar-refractivity contribution is -0.149. The Kier molecular flexibility index (Phi) is 3.91. The quantitative estimate of drug-likeness (QED) is 0.882. The van der Waals surface area contributed by atoms with Gasteiger partial charge in [-0.25, -0.2) is 4.79 Å². The van der Waals surface area contributed by atoms with Gasteiger partial charge in [-0.1, -0.05) is 24.3 Å². The fourth-order valence-electron chi connectivity index (χ4n) is 2.80. The van der Waals surface area contributed by atoms with Gasteiger partial charge < -0.3 is 15.2 Å². The van der Waals surface area contributed by atoms with Crippen LogP contribution in [0.4, 0.5) is 0 Å². The van der Waals surface area contributed by atoms with Crippen LogP contribution in [-0.2, 0) is 20.7 Å².